The van der Waals surface area contributed by atoms with Gasteiger partial charge in [0.05, 0.1) is 6.61 Å². The lowest BCUT2D eigenvalue weighted by molar-refractivity contribution is 0.123. The zero-order chi connectivity index (χ0) is 14.4. The average Bonchev–Trinajstić information content (AvgIpc) is 2.43. The molecule has 112 valence electrons. The third-order valence-electron chi connectivity index (χ3n) is 3.50. The second kappa shape index (κ2) is 8.01. The van der Waals surface area contributed by atoms with Gasteiger partial charge in [-0.2, -0.15) is 0 Å². The first-order valence-corrected chi connectivity index (χ1v) is 8.39. The zero-order valence-electron chi connectivity index (χ0n) is 12.3. The van der Waals surface area contributed by atoms with E-state index in [0.717, 1.165) is 48.8 Å². The minimum Gasteiger partial charge on any atom is -0.380 e. The number of ether oxygens (including phenoxy) is 1. The summed E-state index contributed by atoms with van der Waals surface area (Å²) in [5.41, 5.74) is 1.10. The number of hydrogen-bond donors (Lipinski definition) is 1. The maximum absolute atomic E-state index is 13.7. The fourth-order valence-corrected chi connectivity index (χ4v) is 3.47. The van der Waals surface area contributed by atoms with Crippen molar-refractivity contribution in [3.05, 3.63) is 29.6 Å². The number of rotatable bonds is 7. The fourth-order valence-electron chi connectivity index (χ4n) is 2.32. The van der Waals surface area contributed by atoms with Gasteiger partial charge in [0.25, 0.3) is 0 Å². The molecule has 1 unspecified atom stereocenters. The van der Waals surface area contributed by atoms with Crippen LogP contribution in [0.2, 0.25) is 0 Å². The van der Waals surface area contributed by atoms with E-state index in [9.17, 15) is 4.39 Å². The Hall–Kier alpha value is -0.580. The molecule has 0 aliphatic carbocycles. The van der Waals surface area contributed by atoms with Crippen LogP contribution < -0.4 is 5.32 Å². The first kappa shape index (κ1) is 15.8. The van der Waals surface area contributed by atoms with Gasteiger partial charge >= 0.3 is 0 Å². The number of thioether (sulfide) groups is 1. The van der Waals surface area contributed by atoms with Crippen LogP contribution in [0.15, 0.2) is 23.1 Å². The van der Waals surface area contributed by atoms with Crippen molar-refractivity contribution in [1.29, 1.82) is 0 Å². The summed E-state index contributed by atoms with van der Waals surface area (Å²) in [5.74, 6) is 1.57. The summed E-state index contributed by atoms with van der Waals surface area (Å²) in [4.78, 5) is 0.817. The van der Waals surface area contributed by atoms with E-state index in [2.05, 4.69) is 19.2 Å². The van der Waals surface area contributed by atoms with Crippen molar-refractivity contribution in [1.82, 2.24) is 5.32 Å². The first-order valence-electron chi connectivity index (χ1n) is 7.41. The van der Waals surface area contributed by atoms with Gasteiger partial charge in [-0.3, -0.25) is 0 Å². The molecule has 0 radical (unpaired) electrons. The van der Waals surface area contributed by atoms with Crippen molar-refractivity contribution in [2.75, 3.05) is 25.5 Å². The first-order chi connectivity index (χ1) is 9.68. The van der Waals surface area contributed by atoms with E-state index in [1.54, 1.807) is 23.9 Å². The lowest BCUT2D eigenvalue weighted by Gasteiger charge is -2.26. The van der Waals surface area contributed by atoms with E-state index >= 15 is 0 Å². The predicted octanol–water partition coefficient (Wildman–Crippen LogP) is 4.01. The Bertz CT molecular complexity index is 425. The summed E-state index contributed by atoms with van der Waals surface area (Å²) >= 11 is 1.62. The Morgan fingerprint density at radius 3 is 3.05 bits per heavy atom. The van der Waals surface area contributed by atoms with Crippen molar-refractivity contribution in [2.24, 2.45) is 5.92 Å². The molecule has 1 aromatic rings. The van der Waals surface area contributed by atoms with E-state index in [-0.39, 0.29) is 11.9 Å². The molecule has 2 rings (SSSR count). The number of hydrogen-bond acceptors (Lipinski definition) is 3. The van der Waals surface area contributed by atoms with Gasteiger partial charge in [-0.05, 0) is 36.1 Å². The average molecular weight is 297 g/mol. The molecule has 1 heterocycles. The van der Waals surface area contributed by atoms with Crippen LogP contribution >= 0.6 is 11.8 Å². The van der Waals surface area contributed by atoms with Crippen molar-refractivity contribution in [2.45, 2.75) is 37.6 Å². The Morgan fingerprint density at radius 2 is 2.25 bits per heavy atom. The summed E-state index contributed by atoms with van der Waals surface area (Å²) in [6.45, 7) is 6.77. The van der Waals surface area contributed by atoms with Crippen LogP contribution in [0.1, 0.15) is 38.3 Å². The highest BCUT2D eigenvalue weighted by Crippen LogP contribution is 2.37. The quantitative estimate of drug-likeness (QED) is 0.768. The molecule has 1 N–H and O–H groups in total. The normalized spacial score (nSPS) is 18.3. The zero-order valence-corrected chi connectivity index (χ0v) is 13.1. The summed E-state index contributed by atoms with van der Waals surface area (Å²) < 4.78 is 19.3. The molecule has 0 bridgehead atoms. The molecule has 0 saturated carbocycles. The summed E-state index contributed by atoms with van der Waals surface area (Å²) in [5, 5.41) is 3.49. The molecule has 1 aliphatic rings. The predicted molar refractivity (Wildman–Crippen MR) is 82.8 cm³/mol. The molecule has 2 nitrogen and oxygen atoms in total. The van der Waals surface area contributed by atoms with Gasteiger partial charge in [0.2, 0.25) is 0 Å². The maximum Gasteiger partial charge on any atom is 0.137 e. The van der Waals surface area contributed by atoms with Crippen LogP contribution in [0.3, 0.4) is 0 Å². The van der Waals surface area contributed by atoms with Gasteiger partial charge in [-0.1, -0.05) is 26.0 Å². The lowest BCUT2D eigenvalue weighted by atomic mass is 10.0. The van der Waals surface area contributed by atoms with Crippen LogP contribution in [-0.4, -0.2) is 25.5 Å². The molecular formula is C16H24FNOS. The molecule has 0 aromatic heterocycles. The highest BCUT2D eigenvalue weighted by Gasteiger charge is 2.22. The SMILES string of the molecule is CC(C)CCOCCNC1CCSc2c(F)cccc21. The highest BCUT2D eigenvalue weighted by atomic mass is 32.2. The van der Waals surface area contributed by atoms with Crippen LogP contribution in [0.4, 0.5) is 4.39 Å². The van der Waals surface area contributed by atoms with Gasteiger partial charge in [0.15, 0.2) is 0 Å². The number of fused-ring (bicyclic) bond motifs is 1. The van der Waals surface area contributed by atoms with Gasteiger partial charge in [0.1, 0.15) is 5.82 Å². The Kier molecular flexibility index (Phi) is 6.33. The Balaban J connectivity index is 1.76. The van der Waals surface area contributed by atoms with E-state index in [0.29, 0.717) is 5.92 Å². The number of halogens is 1. The van der Waals surface area contributed by atoms with E-state index < -0.39 is 0 Å². The van der Waals surface area contributed by atoms with Gasteiger partial charge in [-0.15, -0.1) is 11.8 Å². The molecule has 0 fully saturated rings. The third kappa shape index (κ3) is 4.47. The minimum absolute atomic E-state index is 0.0906. The van der Waals surface area contributed by atoms with Gasteiger partial charge in [-0.25, -0.2) is 4.39 Å². The molecule has 1 aromatic carbocycles. The highest BCUT2D eigenvalue weighted by molar-refractivity contribution is 7.99. The van der Waals surface area contributed by atoms with Crippen molar-refractivity contribution >= 4 is 11.8 Å². The molecule has 0 amide bonds. The van der Waals surface area contributed by atoms with E-state index in [1.165, 1.54) is 0 Å². The van der Waals surface area contributed by atoms with Gasteiger partial charge in [0, 0.05) is 24.1 Å². The largest absolute Gasteiger partial charge is 0.380 e. The molecule has 1 aliphatic heterocycles. The second-order valence-electron chi connectivity index (χ2n) is 5.60. The van der Waals surface area contributed by atoms with Crippen LogP contribution in [0.5, 0.6) is 0 Å². The van der Waals surface area contributed by atoms with Crippen LogP contribution in [-0.2, 0) is 4.74 Å². The fraction of sp³-hybridized carbons (Fsp3) is 0.625. The second-order valence-corrected chi connectivity index (χ2v) is 6.70. The van der Waals surface area contributed by atoms with E-state index in [1.807, 2.05) is 6.07 Å². The topological polar surface area (TPSA) is 21.3 Å². The molecule has 1 atom stereocenters. The summed E-state index contributed by atoms with van der Waals surface area (Å²) in [7, 11) is 0. The smallest absolute Gasteiger partial charge is 0.137 e. The molecule has 0 spiro atoms. The molecular weight excluding hydrogens is 273 g/mol. The molecule has 4 heteroatoms. The molecule has 0 saturated heterocycles. The number of benzene rings is 1. The molecule has 20 heavy (non-hydrogen) atoms. The third-order valence-corrected chi connectivity index (χ3v) is 4.66. The summed E-state index contributed by atoms with van der Waals surface area (Å²) in [6, 6.07) is 5.63. The van der Waals surface area contributed by atoms with Crippen LogP contribution in [0.25, 0.3) is 0 Å². The lowest BCUT2D eigenvalue weighted by Crippen LogP contribution is -2.28. The monoisotopic (exact) mass is 297 g/mol. The van der Waals surface area contributed by atoms with Crippen molar-refractivity contribution < 1.29 is 9.13 Å². The number of nitrogens with one attached hydrogen (secondary N) is 1. The Morgan fingerprint density at radius 1 is 1.40 bits per heavy atom. The van der Waals surface area contributed by atoms with Crippen molar-refractivity contribution in [3.63, 3.8) is 0 Å². The minimum atomic E-state index is -0.0906. The van der Waals surface area contributed by atoms with E-state index in [4.69, 9.17) is 4.74 Å². The standard InChI is InChI=1S/C16H24FNOS/c1-12(2)6-9-19-10-8-18-15-7-11-20-16-13(15)4-3-5-14(16)17/h3-5,12,15,18H,6-11H2,1-2H3. The maximum atomic E-state index is 13.7. The van der Waals surface area contributed by atoms with Crippen molar-refractivity contribution in [3.8, 4) is 0 Å². The van der Waals surface area contributed by atoms with Crippen LogP contribution in [0, 0.1) is 11.7 Å². The van der Waals surface area contributed by atoms with Gasteiger partial charge < -0.3 is 10.1 Å². The Labute approximate surface area is 125 Å². The summed E-state index contributed by atoms with van der Waals surface area (Å²) in [6.07, 6.45) is 2.15.